The topological polar surface area (TPSA) is 3.24 Å². The van der Waals surface area contributed by atoms with Gasteiger partial charge in [-0.05, 0) is 24.5 Å². The highest BCUT2D eigenvalue weighted by Gasteiger charge is 2.46. The molecule has 1 aromatic carbocycles. The van der Waals surface area contributed by atoms with E-state index in [4.69, 9.17) is 0 Å². The van der Waals surface area contributed by atoms with Gasteiger partial charge in [0, 0.05) is 17.1 Å². The summed E-state index contributed by atoms with van der Waals surface area (Å²) in [6.07, 6.45) is -2.95. The third-order valence-electron chi connectivity index (χ3n) is 2.61. The van der Waals surface area contributed by atoms with Crippen LogP contribution >= 0.6 is 15.9 Å². The summed E-state index contributed by atoms with van der Waals surface area (Å²) in [5.41, 5.74) is 0.673. The number of halogens is 4. The zero-order valence-electron chi connectivity index (χ0n) is 8.47. The van der Waals surface area contributed by atoms with Crippen LogP contribution in [0.15, 0.2) is 28.7 Å². The fourth-order valence-corrected chi connectivity index (χ4v) is 2.03. The lowest BCUT2D eigenvalue weighted by Crippen LogP contribution is -2.39. The average Bonchev–Trinajstić information content (AvgIpc) is 2.98. The molecule has 0 saturated heterocycles. The monoisotopic (exact) mass is 293 g/mol. The van der Waals surface area contributed by atoms with Crippen LogP contribution in [-0.4, -0.2) is 17.2 Å². The van der Waals surface area contributed by atoms with Crippen LogP contribution in [0.3, 0.4) is 0 Å². The molecule has 1 fully saturated rings. The summed E-state index contributed by atoms with van der Waals surface area (Å²) in [6.45, 7) is -0.0738. The Kier molecular flexibility index (Phi) is 3.26. The Morgan fingerprint density at radius 1 is 1.25 bits per heavy atom. The number of nitrogens with zero attached hydrogens (tertiary/aromatic N) is 1. The zero-order chi connectivity index (χ0) is 11.8. The summed E-state index contributed by atoms with van der Waals surface area (Å²) < 4.78 is 38.9. The molecule has 0 radical (unpaired) electrons. The molecule has 1 aliphatic carbocycles. The molecule has 0 atom stereocenters. The van der Waals surface area contributed by atoms with Crippen LogP contribution in [-0.2, 0) is 6.54 Å². The molecule has 0 aliphatic heterocycles. The van der Waals surface area contributed by atoms with Crippen LogP contribution in [0.25, 0.3) is 0 Å². The lowest BCUT2D eigenvalue weighted by atomic mass is 10.2. The van der Waals surface area contributed by atoms with E-state index in [0.717, 1.165) is 4.47 Å². The first-order valence-corrected chi connectivity index (χ1v) is 5.84. The minimum atomic E-state index is -4.24. The van der Waals surface area contributed by atoms with Gasteiger partial charge in [0.1, 0.15) is 0 Å². The van der Waals surface area contributed by atoms with Crippen LogP contribution in [0, 0.1) is 0 Å². The summed E-state index contributed by atoms with van der Waals surface area (Å²) in [4.78, 5) is 0.618. The van der Waals surface area contributed by atoms with E-state index in [2.05, 4.69) is 15.9 Å². The predicted octanol–water partition coefficient (Wildman–Crippen LogP) is 3.93. The van der Waals surface area contributed by atoms with Gasteiger partial charge in [0.15, 0.2) is 0 Å². The lowest BCUT2D eigenvalue weighted by Gasteiger charge is -2.25. The van der Waals surface area contributed by atoms with E-state index >= 15 is 0 Å². The van der Waals surface area contributed by atoms with Gasteiger partial charge in [-0.3, -0.25) is 0 Å². The van der Waals surface area contributed by atoms with Crippen molar-refractivity contribution in [2.45, 2.75) is 31.7 Å². The molecule has 0 unspecified atom stereocenters. The second-order valence-electron chi connectivity index (χ2n) is 3.92. The fraction of sp³-hybridized carbons (Fsp3) is 0.455. The standard InChI is InChI=1S/C11H11BrF3N/c12-10-4-2-1-3-8(10)7-16(9-5-6-9)11(13,14)15/h1-4,9H,5-7H2. The number of hydrogen-bond acceptors (Lipinski definition) is 1. The van der Waals surface area contributed by atoms with Crippen molar-refractivity contribution >= 4 is 15.9 Å². The van der Waals surface area contributed by atoms with Crippen molar-refractivity contribution in [3.05, 3.63) is 34.3 Å². The molecule has 1 nitrogen and oxygen atoms in total. The molecule has 1 aliphatic rings. The first-order chi connectivity index (χ1) is 7.48. The van der Waals surface area contributed by atoms with E-state index in [1.165, 1.54) is 0 Å². The molecule has 5 heteroatoms. The van der Waals surface area contributed by atoms with Crippen molar-refractivity contribution in [1.82, 2.24) is 4.90 Å². The Morgan fingerprint density at radius 2 is 1.88 bits per heavy atom. The van der Waals surface area contributed by atoms with Crippen molar-refractivity contribution in [2.24, 2.45) is 0 Å². The minimum Gasteiger partial charge on any atom is -0.207 e. The van der Waals surface area contributed by atoms with Crippen LogP contribution in [0.4, 0.5) is 13.2 Å². The average molecular weight is 294 g/mol. The van der Waals surface area contributed by atoms with E-state index in [0.29, 0.717) is 23.3 Å². The molecule has 16 heavy (non-hydrogen) atoms. The molecule has 1 aromatic rings. The maximum Gasteiger partial charge on any atom is 0.460 e. The van der Waals surface area contributed by atoms with Gasteiger partial charge in [0.05, 0.1) is 0 Å². The molecule has 0 heterocycles. The Morgan fingerprint density at radius 3 is 2.38 bits per heavy atom. The first kappa shape index (κ1) is 11.9. The second-order valence-corrected chi connectivity index (χ2v) is 4.77. The van der Waals surface area contributed by atoms with Crippen molar-refractivity contribution in [3.8, 4) is 0 Å². The van der Waals surface area contributed by atoms with Gasteiger partial charge >= 0.3 is 6.30 Å². The van der Waals surface area contributed by atoms with Gasteiger partial charge < -0.3 is 0 Å². The highest BCUT2D eigenvalue weighted by molar-refractivity contribution is 9.10. The fourth-order valence-electron chi connectivity index (χ4n) is 1.62. The zero-order valence-corrected chi connectivity index (χ0v) is 10.1. The summed E-state index contributed by atoms with van der Waals surface area (Å²) in [5, 5.41) is 0. The molecule has 2 rings (SSSR count). The SMILES string of the molecule is FC(F)(F)N(Cc1ccccc1Br)C1CC1. The van der Waals surface area contributed by atoms with Gasteiger partial charge in [-0.1, -0.05) is 34.1 Å². The summed E-state index contributed by atoms with van der Waals surface area (Å²) in [7, 11) is 0. The van der Waals surface area contributed by atoms with E-state index in [9.17, 15) is 13.2 Å². The van der Waals surface area contributed by atoms with E-state index in [1.807, 2.05) is 0 Å². The Balaban J connectivity index is 2.15. The van der Waals surface area contributed by atoms with Crippen LogP contribution in [0.5, 0.6) is 0 Å². The third kappa shape index (κ3) is 2.77. The van der Waals surface area contributed by atoms with Crippen molar-refractivity contribution in [1.29, 1.82) is 0 Å². The summed E-state index contributed by atoms with van der Waals surface area (Å²) in [6, 6.07) is 6.69. The molecule has 1 saturated carbocycles. The smallest absolute Gasteiger partial charge is 0.207 e. The maximum absolute atomic E-state index is 12.7. The highest BCUT2D eigenvalue weighted by atomic mass is 79.9. The summed E-state index contributed by atoms with van der Waals surface area (Å²) >= 11 is 3.27. The van der Waals surface area contributed by atoms with Gasteiger partial charge in [0.2, 0.25) is 0 Å². The normalized spacial score (nSPS) is 16.8. The van der Waals surface area contributed by atoms with Crippen molar-refractivity contribution in [2.75, 3.05) is 0 Å². The Labute approximate surface area is 100 Å². The Hall–Kier alpha value is -0.550. The van der Waals surface area contributed by atoms with Gasteiger partial charge in [0.25, 0.3) is 0 Å². The molecule has 88 valence electrons. The predicted molar refractivity (Wildman–Crippen MR) is 58.8 cm³/mol. The molecule has 0 aromatic heterocycles. The van der Waals surface area contributed by atoms with Gasteiger partial charge in [-0.15, -0.1) is 0 Å². The minimum absolute atomic E-state index is 0.0738. The number of benzene rings is 1. The molecular formula is C11H11BrF3N. The highest BCUT2D eigenvalue weighted by Crippen LogP contribution is 2.37. The number of alkyl halides is 3. The van der Waals surface area contributed by atoms with Crippen LogP contribution in [0.2, 0.25) is 0 Å². The van der Waals surface area contributed by atoms with E-state index < -0.39 is 6.30 Å². The van der Waals surface area contributed by atoms with Crippen molar-refractivity contribution < 1.29 is 13.2 Å². The molecular weight excluding hydrogens is 283 g/mol. The first-order valence-electron chi connectivity index (χ1n) is 5.05. The van der Waals surface area contributed by atoms with Crippen molar-refractivity contribution in [3.63, 3.8) is 0 Å². The number of rotatable bonds is 3. The molecule has 0 spiro atoms. The lowest BCUT2D eigenvalue weighted by molar-refractivity contribution is -0.253. The quantitative estimate of drug-likeness (QED) is 0.763. The second kappa shape index (κ2) is 4.37. The summed E-state index contributed by atoms with van der Waals surface area (Å²) in [5.74, 6) is 0. The van der Waals surface area contributed by atoms with E-state index in [1.54, 1.807) is 24.3 Å². The molecule has 0 N–H and O–H groups in total. The van der Waals surface area contributed by atoms with Gasteiger partial charge in [-0.25, -0.2) is 4.90 Å². The van der Waals surface area contributed by atoms with Crippen LogP contribution in [0.1, 0.15) is 18.4 Å². The maximum atomic E-state index is 12.7. The molecule has 0 amide bonds. The molecule has 0 bridgehead atoms. The largest absolute Gasteiger partial charge is 0.460 e. The Bertz CT molecular complexity index is 374. The van der Waals surface area contributed by atoms with Gasteiger partial charge in [-0.2, -0.15) is 13.2 Å². The van der Waals surface area contributed by atoms with Crippen LogP contribution < -0.4 is 0 Å². The number of hydrogen-bond donors (Lipinski definition) is 0. The van der Waals surface area contributed by atoms with E-state index in [-0.39, 0.29) is 12.6 Å². The third-order valence-corrected chi connectivity index (χ3v) is 3.39.